The molecule has 0 aromatic heterocycles. The summed E-state index contributed by atoms with van der Waals surface area (Å²) >= 11 is 0. The molecule has 0 aliphatic heterocycles. The lowest BCUT2D eigenvalue weighted by atomic mass is 9.85. The second-order valence-electron chi connectivity index (χ2n) is 4.16. The highest BCUT2D eigenvalue weighted by Crippen LogP contribution is 2.34. The molecule has 0 saturated carbocycles. The standard InChI is InChI=1S/C8H17OP/c1-6(2)7(10-9)8(3,4)5/h6-7H,1-5H3. The van der Waals surface area contributed by atoms with E-state index in [1.54, 1.807) is 0 Å². The third-order valence-electron chi connectivity index (χ3n) is 1.63. The van der Waals surface area contributed by atoms with Crippen molar-refractivity contribution in [1.82, 2.24) is 0 Å². The first-order valence-corrected chi connectivity index (χ1v) is 4.60. The Hall–Kier alpha value is 0.100. The predicted molar refractivity (Wildman–Crippen MR) is 45.7 cm³/mol. The van der Waals surface area contributed by atoms with E-state index < -0.39 is 0 Å². The van der Waals surface area contributed by atoms with Crippen molar-refractivity contribution in [3.8, 4) is 0 Å². The zero-order valence-electron chi connectivity index (χ0n) is 7.51. The summed E-state index contributed by atoms with van der Waals surface area (Å²) in [4.78, 5) is 0. The fourth-order valence-corrected chi connectivity index (χ4v) is 1.84. The first-order chi connectivity index (χ1) is 4.39. The van der Waals surface area contributed by atoms with Gasteiger partial charge in [-0.05, 0) is 11.3 Å². The fourth-order valence-electron chi connectivity index (χ4n) is 1.28. The quantitative estimate of drug-likeness (QED) is 0.566. The van der Waals surface area contributed by atoms with Gasteiger partial charge in [-0.1, -0.05) is 34.6 Å². The van der Waals surface area contributed by atoms with Crippen molar-refractivity contribution in [2.24, 2.45) is 11.3 Å². The maximum atomic E-state index is 10.7. The van der Waals surface area contributed by atoms with Gasteiger partial charge in [-0.2, -0.15) is 0 Å². The van der Waals surface area contributed by atoms with Crippen LogP contribution in [-0.2, 0) is 4.57 Å². The lowest BCUT2D eigenvalue weighted by Gasteiger charge is -2.27. The minimum Gasteiger partial charge on any atom is -0.275 e. The third kappa shape index (κ3) is 2.79. The van der Waals surface area contributed by atoms with E-state index in [2.05, 4.69) is 34.6 Å². The van der Waals surface area contributed by atoms with Crippen LogP contribution in [0.15, 0.2) is 0 Å². The van der Waals surface area contributed by atoms with Crippen LogP contribution in [0.5, 0.6) is 0 Å². The van der Waals surface area contributed by atoms with Gasteiger partial charge in [0.05, 0.1) is 0 Å². The summed E-state index contributed by atoms with van der Waals surface area (Å²) in [5, 5.41) is 0. The fraction of sp³-hybridized carbons (Fsp3) is 1.00. The number of hydrogen-bond acceptors (Lipinski definition) is 1. The highest BCUT2D eigenvalue weighted by molar-refractivity contribution is 7.24. The summed E-state index contributed by atoms with van der Waals surface area (Å²) in [6.45, 7) is 10.6. The third-order valence-corrected chi connectivity index (χ3v) is 3.23. The van der Waals surface area contributed by atoms with Gasteiger partial charge in [-0.25, -0.2) is 0 Å². The topological polar surface area (TPSA) is 17.1 Å². The predicted octanol–water partition coefficient (Wildman–Crippen LogP) is 3.35. The van der Waals surface area contributed by atoms with E-state index in [1.807, 2.05) is 0 Å². The van der Waals surface area contributed by atoms with E-state index >= 15 is 0 Å². The maximum Gasteiger partial charge on any atom is 0.159 e. The smallest absolute Gasteiger partial charge is 0.159 e. The van der Waals surface area contributed by atoms with E-state index in [-0.39, 0.29) is 19.5 Å². The molecule has 0 aliphatic rings. The number of hydrogen-bond donors (Lipinski definition) is 0. The molecule has 60 valence electrons. The molecule has 0 fully saturated rings. The van der Waals surface area contributed by atoms with Crippen LogP contribution in [0.2, 0.25) is 0 Å². The molecule has 0 aromatic carbocycles. The molecule has 1 atom stereocenters. The summed E-state index contributed by atoms with van der Waals surface area (Å²) in [5.41, 5.74) is 0.449. The maximum absolute atomic E-state index is 10.7. The second-order valence-corrected chi connectivity index (χ2v) is 4.93. The molecule has 0 N–H and O–H groups in total. The van der Waals surface area contributed by atoms with E-state index in [0.29, 0.717) is 5.92 Å². The summed E-state index contributed by atoms with van der Waals surface area (Å²) in [5.74, 6) is 0.499. The minimum atomic E-state index is 0.164. The zero-order valence-corrected chi connectivity index (χ0v) is 8.40. The Kier molecular flexibility index (Phi) is 3.51. The lowest BCUT2D eigenvalue weighted by Crippen LogP contribution is -2.25. The number of rotatable bonds is 2. The Labute approximate surface area is 65.4 Å². The van der Waals surface area contributed by atoms with Crippen LogP contribution in [0.1, 0.15) is 34.6 Å². The van der Waals surface area contributed by atoms with E-state index in [9.17, 15) is 4.57 Å². The molecule has 0 aromatic rings. The summed E-state index contributed by atoms with van der Waals surface area (Å²) < 4.78 is 10.7. The van der Waals surface area contributed by atoms with Gasteiger partial charge in [0.15, 0.2) is 8.46 Å². The molecule has 1 nitrogen and oxygen atoms in total. The van der Waals surface area contributed by atoms with Gasteiger partial charge in [-0.3, -0.25) is 4.57 Å². The van der Waals surface area contributed by atoms with Crippen molar-refractivity contribution >= 4 is 8.46 Å². The Bertz CT molecular complexity index is 113. The normalized spacial score (nSPS) is 16.2. The van der Waals surface area contributed by atoms with Crippen LogP contribution >= 0.6 is 8.46 Å². The Morgan fingerprint density at radius 3 is 1.60 bits per heavy atom. The molecule has 0 aliphatic carbocycles. The monoisotopic (exact) mass is 160 g/mol. The van der Waals surface area contributed by atoms with Crippen LogP contribution in [0, 0.1) is 11.3 Å². The molecular formula is C8H17OP. The molecule has 2 heteroatoms. The SMILES string of the molecule is CC(C)C(P=O)C(C)(C)C. The summed E-state index contributed by atoms with van der Waals surface area (Å²) in [6, 6.07) is 0. The van der Waals surface area contributed by atoms with Crippen molar-refractivity contribution in [3.63, 3.8) is 0 Å². The van der Waals surface area contributed by atoms with Crippen LogP contribution < -0.4 is 0 Å². The van der Waals surface area contributed by atoms with Gasteiger partial charge in [-0.15, -0.1) is 0 Å². The van der Waals surface area contributed by atoms with Crippen molar-refractivity contribution in [2.45, 2.75) is 40.3 Å². The first-order valence-electron chi connectivity index (χ1n) is 3.72. The van der Waals surface area contributed by atoms with Crippen LogP contribution in [-0.4, -0.2) is 5.66 Å². The molecule has 0 bridgehead atoms. The van der Waals surface area contributed by atoms with Gasteiger partial charge in [0.2, 0.25) is 0 Å². The van der Waals surface area contributed by atoms with Crippen LogP contribution in [0.4, 0.5) is 0 Å². The van der Waals surface area contributed by atoms with Crippen molar-refractivity contribution in [2.75, 3.05) is 0 Å². The molecule has 0 spiro atoms. The highest BCUT2D eigenvalue weighted by Gasteiger charge is 2.27. The summed E-state index contributed by atoms with van der Waals surface area (Å²) in [6.07, 6.45) is 0. The molecule has 0 rings (SSSR count). The lowest BCUT2D eigenvalue weighted by molar-refractivity contribution is 0.328. The van der Waals surface area contributed by atoms with Gasteiger partial charge >= 0.3 is 0 Å². The first kappa shape index (κ1) is 10.1. The molecular weight excluding hydrogens is 143 g/mol. The molecule has 0 saturated heterocycles. The Morgan fingerprint density at radius 2 is 1.60 bits per heavy atom. The molecule has 10 heavy (non-hydrogen) atoms. The van der Waals surface area contributed by atoms with Crippen molar-refractivity contribution in [3.05, 3.63) is 0 Å². The minimum absolute atomic E-state index is 0.164. The van der Waals surface area contributed by atoms with E-state index in [0.717, 1.165) is 0 Å². The molecule has 0 heterocycles. The zero-order chi connectivity index (χ0) is 8.36. The van der Waals surface area contributed by atoms with Gasteiger partial charge in [0, 0.05) is 5.66 Å². The van der Waals surface area contributed by atoms with Crippen molar-refractivity contribution in [1.29, 1.82) is 0 Å². The van der Waals surface area contributed by atoms with Crippen molar-refractivity contribution < 1.29 is 4.57 Å². The largest absolute Gasteiger partial charge is 0.275 e. The molecule has 0 amide bonds. The second kappa shape index (κ2) is 3.48. The van der Waals surface area contributed by atoms with E-state index in [1.165, 1.54) is 0 Å². The van der Waals surface area contributed by atoms with E-state index in [4.69, 9.17) is 0 Å². The van der Waals surface area contributed by atoms with Gasteiger partial charge in [0.25, 0.3) is 0 Å². The Morgan fingerprint density at radius 1 is 1.20 bits per heavy atom. The molecule has 1 unspecified atom stereocenters. The summed E-state index contributed by atoms with van der Waals surface area (Å²) in [7, 11) is 0.283. The van der Waals surface area contributed by atoms with Gasteiger partial charge < -0.3 is 0 Å². The van der Waals surface area contributed by atoms with Crippen LogP contribution in [0.25, 0.3) is 0 Å². The highest BCUT2D eigenvalue weighted by atomic mass is 31.1. The van der Waals surface area contributed by atoms with Crippen LogP contribution in [0.3, 0.4) is 0 Å². The average molecular weight is 160 g/mol. The average Bonchev–Trinajstić information content (AvgIpc) is 1.60. The Balaban J connectivity index is 4.21. The molecule has 0 radical (unpaired) electrons. The van der Waals surface area contributed by atoms with Gasteiger partial charge in [0.1, 0.15) is 0 Å².